The van der Waals surface area contributed by atoms with Crippen molar-refractivity contribution >= 4 is 11.6 Å². The average Bonchev–Trinajstić information content (AvgIpc) is 2.73. The Morgan fingerprint density at radius 3 is 2.89 bits per heavy atom. The van der Waals surface area contributed by atoms with Gasteiger partial charge in [0.05, 0.1) is 12.7 Å². The van der Waals surface area contributed by atoms with E-state index in [-0.39, 0.29) is 6.10 Å². The molecule has 1 heterocycles. The molecule has 2 atom stereocenters. The molecule has 0 aromatic heterocycles. The standard InChI is InChI=1S/C15H19ClO2/c1-15(2)8-12(15)13(17)7-10-6-11(16)5-9-3-4-18-14(9)10/h5-6,12-13,17H,3-4,7-8H2,1-2H3. The summed E-state index contributed by atoms with van der Waals surface area (Å²) >= 11 is 6.13. The summed E-state index contributed by atoms with van der Waals surface area (Å²) in [6.45, 7) is 5.15. The largest absolute Gasteiger partial charge is 0.493 e. The van der Waals surface area contributed by atoms with Crippen molar-refractivity contribution in [1.29, 1.82) is 0 Å². The number of halogens is 1. The van der Waals surface area contributed by atoms with Crippen LogP contribution in [0.25, 0.3) is 0 Å². The fraction of sp³-hybridized carbons (Fsp3) is 0.600. The van der Waals surface area contributed by atoms with Gasteiger partial charge in [-0.05, 0) is 41.0 Å². The van der Waals surface area contributed by atoms with Crippen LogP contribution in [0.15, 0.2) is 12.1 Å². The molecule has 1 aromatic carbocycles. The molecule has 1 fully saturated rings. The quantitative estimate of drug-likeness (QED) is 0.910. The molecule has 1 saturated carbocycles. The molecule has 3 rings (SSSR count). The molecule has 0 spiro atoms. The van der Waals surface area contributed by atoms with Crippen LogP contribution in [0.4, 0.5) is 0 Å². The first-order chi connectivity index (χ1) is 8.47. The average molecular weight is 267 g/mol. The smallest absolute Gasteiger partial charge is 0.126 e. The van der Waals surface area contributed by atoms with E-state index in [1.165, 1.54) is 5.56 Å². The lowest BCUT2D eigenvalue weighted by atomic mass is 9.97. The molecule has 18 heavy (non-hydrogen) atoms. The van der Waals surface area contributed by atoms with E-state index in [1.807, 2.05) is 12.1 Å². The number of benzene rings is 1. The zero-order valence-electron chi connectivity index (χ0n) is 10.9. The molecule has 1 aliphatic carbocycles. The zero-order valence-corrected chi connectivity index (χ0v) is 11.6. The molecule has 0 radical (unpaired) electrons. The van der Waals surface area contributed by atoms with Crippen LogP contribution in [0, 0.1) is 11.3 Å². The van der Waals surface area contributed by atoms with E-state index in [0.29, 0.717) is 17.8 Å². The van der Waals surface area contributed by atoms with Gasteiger partial charge in [-0.3, -0.25) is 0 Å². The van der Waals surface area contributed by atoms with Crippen molar-refractivity contribution in [1.82, 2.24) is 0 Å². The van der Waals surface area contributed by atoms with Crippen LogP contribution in [0.3, 0.4) is 0 Å². The van der Waals surface area contributed by atoms with Crippen LogP contribution in [0.2, 0.25) is 5.02 Å². The number of aliphatic hydroxyl groups is 1. The van der Waals surface area contributed by atoms with E-state index in [0.717, 1.165) is 35.8 Å². The summed E-state index contributed by atoms with van der Waals surface area (Å²) in [5.74, 6) is 1.37. The third kappa shape index (κ3) is 2.12. The molecule has 1 aliphatic heterocycles. The van der Waals surface area contributed by atoms with Crippen molar-refractivity contribution in [2.75, 3.05) is 6.61 Å². The Labute approximate surface area is 113 Å². The summed E-state index contributed by atoms with van der Waals surface area (Å²) in [4.78, 5) is 0. The SMILES string of the molecule is CC1(C)CC1C(O)Cc1cc(Cl)cc2c1OCC2. The molecular formula is C15H19ClO2. The van der Waals surface area contributed by atoms with Crippen molar-refractivity contribution in [3.05, 3.63) is 28.3 Å². The van der Waals surface area contributed by atoms with E-state index < -0.39 is 0 Å². The van der Waals surface area contributed by atoms with Crippen LogP contribution in [-0.2, 0) is 12.8 Å². The van der Waals surface area contributed by atoms with Gasteiger partial charge in [0.25, 0.3) is 0 Å². The van der Waals surface area contributed by atoms with E-state index in [9.17, 15) is 5.11 Å². The van der Waals surface area contributed by atoms with Crippen LogP contribution in [-0.4, -0.2) is 17.8 Å². The molecule has 0 amide bonds. The highest BCUT2D eigenvalue weighted by Crippen LogP contribution is 2.54. The number of hydrogen-bond acceptors (Lipinski definition) is 2. The Morgan fingerprint density at radius 1 is 1.50 bits per heavy atom. The molecule has 3 heteroatoms. The van der Waals surface area contributed by atoms with Crippen molar-refractivity contribution in [3.63, 3.8) is 0 Å². The van der Waals surface area contributed by atoms with E-state index in [2.05, 4.69) is 13.8 Å². The highest BCUT2D eigenvalue weighted by Gasteiger charge is 2.49. The minimum absolute atomic E-state index is 0.285. The van der Waals surface area contributed by atoms with Gasteiger partial charge in [0, 0.05) is 17.9 Å². The Bertz CT molecular complexity index is 482. The van der Waals surface area contributed by atoms with Crippen LogP contribution < -0.4 is 4.74 Å². The van der Waals surface area contributed by atoms with Crippen molar-refractivity contribution in [3.8, 4) is 5.75 Å². The number of fused-ring (bicyclic) bond motifs is 1. The zero-order chi connectivity index (χ0) is 12.9. The summed E-state index contributed by atoms with van der Waals surface area (Å²) in [7, 11) is 0. The van der Waals surface area contributed by atoms with Crippen LogP contribution >= 0.6 is 11.6 Å². The van der Waals surface area contributed by atoms with Gasteiger partial charge in [-0.15, -0.1) is 0 Å². The van der Waals surface area contributed by atoms with Gasteiger partial charge in [0.15, 0.2) is 0 Å². The fourth-order valence-electron chi connectivity index (χ4n) is 3.03. The fourth-order valence-corrected chi connectivity index (χ4v) is 3.29. The predicted octanol–water partition coefficient (Wildman–Crippen LogP) is 3.22. The molecule has 2 unspecified atom stereocenters. The molecular weight excluding hydrogens is 248 g/mol. The topological polar surface area (TPSA) is 29.5 Å². The van der Waals surface area contributed by atoms with E-state index in [1.54, 1.807) is 0 Å². The van der Waals surface area contributed by atoms with Crippen LogP contribution in [0.1, 0.15) is 31.4 Å². The predicted molar refractivity (Wildman–Crippen MR) is 72.2 cm³/mol. The molecule has 2 nitrogen and oxygen atoms in total. The van der Waals surface area contributed by atoms with Crippen molar-refractivity contribution < 1.29 is 9.84 Å². The number of rotatable bonds is 3. The lowest BCUT2D eigenvalue weighted by Gasteiger charge is -2.15. The van der Waals surface area contributed by atoms with Gasteiger partial charge in [0.1, 0.15) is 5.75 Å². The third-order valence-corrected chi connectivity index (χ3v) is 4.53. The summed E-state index contributed by atoms with van der Waals surface area (Å²) in [5.41, 5.74) is 2.53. The highest BCUT2D eigenvalue weighted by molar-refractivity contribution is 6.30. The van der Waals surface area contributed by atoms with Gasteiger partial charge in [-0.25, -0.2) is 0 Å². The molecule has 0 bridgehead atoms. The van der Waals surface area contributed by atoms with Crippen molar-refractivity contribution in [2.45, 2.75) is 39.2 Å². The first kappa shape index (κ1) is 12.3. The first-order valence-electron chi connectivity index (χ1n) is 6.59. The maximum atomic E-state index is 10.3. The minimum atomic E-state index is -0.285. The normalized spacial score (nSPS) is 25.4. The van der Waals surface area contributed by atoms with Gasteiger partial charge in [-0.1, -0.05) is 25.4 Å². The summed E-state index contributed by atoms with van der Waals surface area (Å²) in [6.07, 6.45) is 2.40. The monoisotopic (exact) mass is 266 g/mol. The van der Waals surface area contributed by atoms with Gasteiger partial charge < -0.3 is 9.84 Å². The molecule has 2 aliphatic rings. The first-order valence-corrected chi connectivity index (χ1v) is 6.97. The lowest BCUT2D eigenvalue weighted by molar-refractivity contribution is 0.136. The second-order valence-corrected chi connectivity index (χ2v) is 6.66. The highest BCUT2D eigenvalue weighted by atomic mass is 35.5. The maximum absolute atomic E-state index is 10.3. The van der Waals surface area contributed by atoms with Gasteiger partial charge >= 0.3 is 0 Å². The molecule has 1 N–H and O–H groups in total. The summed E-state index contributed by atoms with van der Waals surface area (Å²) in [5, 5.41) is 11.0. The second kappa shape index (κ2) is 4.14. The Hall–Kier alpha value is -0.730. The number of ether oxygens (including phenoxy) is 1. The second-order valence-electron chi connectivity index (χ2n) is 6.22. The van der Waals surface area contributed by atoms with Crippen molar-refractivity contribution in [2.24, 2.45) is 11.3 Å². The Morgan fingerprint density at radius 2 is 2.22 bits per heavy atom. The maximum Gasteiger partial charge on any atom is 0.126 e. The molecule has 98 valence electrons. The van der Waals surface area contributed by atoms with Crippen LogP contribution in [0.5, 0.6) is 5.75 Å². The Balaban J connectivity index is 1.81. The Kier molecular flexibility index (Phi) is 2.83. The molecule has 1 aromatic rings. The lowest BCUT2D eigenvalue weighted by Crippen LogP contribution is -2.16. The molecule has 0 saturated heterocycles. The summed E-state index contributed by atoms with van der Waals surface area (Å²) < 4.78 is 5.67. The minimum Gasteiger partial charge on any atom is -0.493 e. The van der Waals surface area contributed by atoms with E-state index in [4.69, 9.17) is 16.3 Å². The van der Waals surface area contributed by atoms with Gasteiger partial charge in [-0.2, -0.15) is 0 Å². The number of aliphatic hydroxyl groups excluding tert-OH is 1. The third-order valence-electron chi connectivity index (χ3n) is 4.31. The van der Waals surface area contributed by atoms with Gasteiger partial charge in [0.2, 0.25) is 0 Å². The van der Waals surface area contributed by atoms with E-state index >= 15 is 0 Å². The summed E-state index contributed by atoms with van der Waals surface area (Å²) in [6, 6.07) is 3.91. The number of hydrogen-bond donors (Lipinski definition) is 1.